The monoisotopic (exact) mass is 479 g/mol. The SMILES string of the molecule is CSCCC(NC(=O)C(NC(=O)C(N)C(C)O)C(C)O)C(=O)NC(CCC(N)=O)C(=O)O. The summed E-state index contributed by atoms with van der Waals surface area (Å²) in [4.78, 5) is 59.7. The highest BCUT2D eigenvalue weighted by Crippen LogP contribution is 2.06. The van der Waals surface area contributed by atoms with Crippen LogP contribution in [0, 0.1) is 0 Å². The minimum Gasteiger partial charge on any atom is -0.480 e. The normalized spacial score (nSPS) is 16.6. The van der Waals surface area contributed by atoms with Crippen molar-refractivity contribution in [2.45, 2.75) is 69.5 Å². The van der Waals surface area contributed by atoms with Crippen molar-refractivity contribution in [3.05, 3.63) is 0 Å². The lowest BCUT2D eigenvalue weighted by Gasteiger charge is -2.26. The van der Waals surface area contributed by atoms with E-state index in [-0.39, 0.29) is 19.3 Å². The molecule has 0 saturated heterocycles. The van der Waals surface area contributed by atoms with Gasteiger partial charge in [0, 0.05) is 6.42 Å². The summed E-state index contributed by atoms with van der Waals surface area (Å²) in [6.45, 7) is 2.52. The first-order valence-electron chi connectivity index (χ1n) is 9.84. The number of aliphatic hydroxyl groups is 2. The molecule has 0 radical (unpaired) electrons. The first-order chi connectivity index (χ1) is 14.8. The van der Waals surface area contributed by atoms with Crippen molar-refractivity contribution in [3.63, 3.8) is 0 Å². The van der Waals surface area contributed by atoms with Crippen LogP contribution in [0.2, 0.25) is 0 Å². The van der Waals surface area contributed by atoms with Gasteiger partial charge in [0.15, 0.2) is 0 Å². The van der Waals surface area contributed by atoms with Crippen molar-refractivity contribution >= 4 is 41.4 Å². The van der Waals surface area contributed by atoms with Crippen molar-refractivity contribution in [2.24, 2.45) is 11.5 Å². The molecule has 0 aromatic rings. The number of aliphatic carboxylic acids is 1. The molecule has 0 saturated carbocycles. The van der Waals surface area contributed by atoms with Crippen molar-refractivity contribution in [1.82, 2.24) is 16.0 Å². The Morgan fingerprint density at radius 2 is 1.44 bits per heavy atom. The van der Waals surface area contributed by atoms with E-state index in [0.717, 1.165) is 0 Å². The first-order valence-corrected chi connectivity index (χ1v) is 11.2. The third-order valence-electron chi connectivity index (χ3n) is 4.42. The van der Waals surface area contributed by atoms with E-state index in [9.17, 15) is 39.3 Å². The number of rotatable bonds is 15. The van der Waals surface area contributed by atoms with E-state index in [1.54, 1.807) is 6.26 Å². The van der Waals surface area contributed by atoms with Gasteiger partial charge in [-0.3, -0.25) is 19.2 Å². The Labute approximate surface area is 190 Å². The van der Waals surface area contributed by atoms with Gasteiger partial charge in [-0.05, 0) is 38.7 Å². The summed E-state index contributed by atoms with van der Waals surface area (Å²) in [5, 5.41) is 35.5. The number of carbonyl (C=O) groups excluding carboxylic acids is 4. The zero-order chi connectivity index (χ0) is 25.0. The topological polar surface area (TPSA) is 234 Å². The summed E-state index contributed by atoms with van der Waals surface area (Å²) < 4.78 is 0. The molecule has 14 heteroatoms. The van der Waals surface area contributed by atoms with Gasteiger partial charge < -0.3 is 42.7 Å². The van der Waals surface area contributed by atoms with E-state index in [1.807, 2.05) is 0 Å². The predicted molar refractivity (Wildman–Crippen MR) is 116 cm³/mol. The standard InChI is InChI=1S/C18H33N5O8S/c1-8(24)13(20)16(28)23-14(9(2)25)17(29)21-10(6-7-32-3)15(27)22-11(18(30)31)4-5-12(19)26/h8-11,13-14,24-25H,4-7,20H2,1-3H3,(H2,19,26)(H,21,29)(H,22,27)(H,23,28)(H,30,31). The van der Waals surface area contributed by atoms with Crippen LogP contribution in [0.3, 0.4) is 0 Å². The highest BCUT2D eigenvalue weighted by Gasteiger charge is 2.33. The fourth-order valence-corrected chi connectivity index (χ4v) is 2.93. The van der Waals surface area contributed by atoms with E-state index >= 15 is 0 Å². The Hall–Kier alpha value is -2.42. The minimum absolute atomic E-state index is 0.120. The van der Waals surface area contributed by atoms with Gasteiger partial charge in [-0.25, -0.2) is 4.79 Å². The van der Waals surface area contributed by atoms with Crippen LogP contribution in [0.5, 0.6) is 0 Å². The number of nitrogens with one attached hydrogen (secondary N) is 3. The van der Waals surface area contributed by atoms with E-state index in [4.69, 9.17) is 11.5 Å². The second-order valence-corrected chi connectivity index (χ2v) is 8.23. The number of primary amides is 1. The average Bonchev–Trinajstić information content (AvgIpc) is 2.70. The Balaban J connectivity index is 5.40. The van der Waals surface area contributed by atoms with Gasteiger partial charge in [0.05, 0.1) is 12.2 Å². The van der Waals surface area contributed by atoms with Gasteiger partial charge >= 0.3 is 5.97 Å². The summed E-state index contributed by atoms with van der Waals surface area (Å²) in [6, 6.07) is -5.42. The van der Waals surface area contributed by atoms with Crippen LogP contribution in [-0.2, 0) is 24.0 Å². The van der Waals surface area contributed by atoms with Gasteiger partial charge in [-0.2, -0.15) is 11.8 Å². The van der Waals surface area contributed by atoms with Crippen LogP contribution >= 0.6 is 11.8 Å². The molecule has 0 aromatic heterocycles. The van der Waals surface area contributed by atoms with Gasteiger partial charge in [-0.1, -0.05) is 0 Å². The lowest BCUT2D eigenvalue weighted by molar-refractivity contribution is -0.142. The smallest absolute Gasteiger partial charge is 0.326 e. The van der Waals surface area contributed by atoms with Gasteiger partial charge in [-0.15, -0.1) is 0 Å². The molecule has 6 atom stereocenters. The molecule has 32 heavy (non-hydrogen) atoms. The molecule has 0 aliphatic heterocycles. The molecule has 10 N–H and O–H groups in total. The molecule has 0 bridgehead atoms. The summed E-state index contributed by atoms with van der Waals surface area (Å²) in [6.07, 6.45) is -1.19. The Bertz CT molecular complexity index is 676. The number of aliphatic hydroxyl groups excluding tert-OH is 2. The number of nitrogens with two attached hydrogens (primary N) is 2. The lowest BCUT2D eigenvalue weighted by Crippen LogP contribution is -2.60. The zero-order valence-electron chi connectivity index (χ0n) is 18.2. The molecule has 0 fully saturated rings. The number of hydrogen-bond acceptors (Lipinski definition) is 9. The number of carboxylic acid groups (broad SMARTS) is 1. The number of hydrogen-bond donors (Lipinski definition) is 8. The fraction of sp³-hybridized carbons (Fsp3) is 0.722. The van der Waals surface area contributed by atoms with E-state index in [1.165, 1.54) is 25.6 Å². The molecular weight excluding hydrogens is 446 g/mol. The van der Waals surface area contributed by atoms with Gasteiger partial charge in [0.1, 0.15) is 24.2 Å². The molecule has 4 amide bonds. The van der Waals surface area contributed by atoms with Crippen LogP contribution in [0.15, 0.2) is 0 Å². The van der Waals surface area contributed by atoms with E-state index < -0.39 is 66.0 Å². The molecule has 13 nitrogen and oxygen atoms in total. The lowest BCUT2D eigenvalue weighted by atomic mass is 10.1. The summed E-state index contributed by atoms with van der Waals surface area (Å²) in [5.41, 5.74) is 10.5. The van der Waals surface area contributed by atoms with E-state index in [0.29, 0.717) is 5.75 Å². The van der Waals surface area contributed by atoms with Crippen LogP contribution in [0.1, 0.15) is 33.1 Å². The molecule has 184 valence electrons. The molecule has 0 heterocycles. The maximum atomic E-state index is 12.7. The second-order valence-electron chi connectivity index (χ2n) is 7.24. The zero-order valence-corrected chi connectivity index (χ0v) is 19.1. The van der Waals surface area contributed by atoms with Crippen molar-refractivity contribution in [3.8, 4) is 0 Å². The Morgan fingerprint density at radius 1 is 0.875 bits per heavy atom. The van der Waals surface area contributed by atoms with Crippen LogP contribution in [-0.4, -0.2) is 93.3 Å². The third-order valence-corrected chi connectivity index (χ3v) is 5.07. The number of carboxylic acids is 1. The van der Waals surface area contributed by atoms with Crippen LogP contribution in [0.4, 0.5) is 0 Å². The van der Waals surface area contributed by atoms with Gasteiger partial charge in [0.2, 0.25) is 23.6 Å². The molecule has 0 aliphatic carbocycles. The Morgan fingerprint density at radius 3 is 1.88 bits per heavy atom. The largest absolute Gasteiger partial charge is 0.480 e. The molecule has 0 aromatic carbocycles. The fourth-order valence-electron chi connectivity index (χ4n) is 2.46. The summed E-state index contributed by atoms with van der Waals surface area (Å²) in [7, 11) is 0. The average molecular weight is 480 g/mol. The molecular formula is C18H33N5O8S. The molecule has 0 rings (SSSR count). The maximum Gasteiger partial charge on any atom is 0.326 e. The number of thioether (sulfide) groups is 1. The number of carbonyl (C=O) groups is 5. The second kappa shape index (κ2) is 14.6. The Kier molecular flexibility index (Phi) is 13.5. The summed E-state index contributed by atoms with van der Waals surface area (Å²) in [5.74, 6) is -4.30. The summed E-state index contributed by atoms with van der Waals surface area (Å²) >= 11 is 1.37. The van der Waals surface area contributed by atoms with Crippen LogP contribution < -0.4 is 27.4 Å². The molecule has 6 unspecified atom stereocenters. The first kappa shape index (κ1) is 29.6. The predicted octanol–water partition coefficient (Wildman–Crippen LogP) is -3.37. The highest BCUT2D eigenvalue weighted by molar-refractivity contribution is 7.98. The number of amides is 4. The maximum absolute atomic E-state index is 12.7. The van der Waals surface area contributed by atoms with Crippen molar-refractivity contribution in [1.29, 1.82) is 0 Å². The van der Waals surface area contributed by atoms with E-state index in [2.05, 4.69) is 16.0 Å². The van der Waals surface area contributed by atoms with Crippen LogP contribution in [0.25, 0.3) is 0 Å². The quantitative estimate of drug-likeness (QED) is 0.116. The van der Waals surface area contributed by atoms with Crippen molar-refractivity contribution in [2.75, 3.05) is 12.0 Å². The molecule has 0 aliphatic rings. The van der Waals surface area contributed by atoms with Crippen molar-refractivity contribution < 1.29 is 39.3 Å². The van der Waals surface area contributed by atoms with Gasteiger partial charge in [0.25, 0.3) is 0 Å². The third kappa shape index (κ3) is 10.7. The highest BCUT2D eigenvalue weighted by atomic mass is 32.2. The molecule has 0 spiro atoms. The minimum atomic E-state index is -1.48.